The van der Waals surface area contributed by atoms with Crippen LogP contribution in [-0.4, -0.2) is 39.9 Å². The number of unbranched alkanes of at least 4 members (excludes halogenated alkanes) is 2. The highest BCUT2D eigenvalue weighted by atomic mass is 32.2. The monoisotopic (exact) mass is 308 g/mol. The molecule has 1 saturated carbocycles. The van der Waals surface area contributed by atoms with Gasteiger partial charge in [0.15, 0.2) is 0 Å². The topological polar surface area (TPSA) is 129 Å². The molecule has 1 rings (SSSR count). The molecule has 1 aliphatic carbocycles. The maximum absolute atomic E-state index is 11.7. The van der Waals surface area contributed by atoms with Crippen LogP contribution in [0.1, 0.15) is 51.9 Å². The fraction of sp³-hybridized carbons (Fsp3) is 0.833. The number of rotatable bonds is 9. The summed E-state index contributed by atoms with van der Waals surface area (Å²) in [5.41, 5.74) is -1.17. The van der Waals surface area contributed by atoms with Gasteiger partial charge in [-0.2, -0.15) is 8.42 Å². The molecule has 1 atom stereocenters. The zero-order valence-electron chi connectivity index (χ0n) is 11.3. The first-order chi connectivity index (χ1) is 9.13. The van der Waals surface area contributed by atoms with Gasteiger partial charge in [0, 0.05) is 5.41 Å². The maximum atomic E-state index is 11.7. The highest BCUT2D eigenvalue weighted by Gasteiger charge is 2.70. The lowest BCUT2D eigenvalue weighted by Gasteiger charge is -2.33. The first kappa shape index (κ1) is 16.9. The van der Waals surface area contributed by atoms with Crippen LogP contribution in [0.3, 0.4) is 0 Å². The number of carboxylic acid groups (broad SMARTS) is 2. The predicted octanol–water partition coefficient (Wildman–Crippen LogP) is 1.53. The Labute approximate surface area is 117 Å². The summed E-state index contributed by atoms with van der Waals surface area (Å²) in [5, 5.41) is 18.2. The minimum atomic E-state index is -5.03. The van der Waals surface area contributed by atoms with Gasteiger partial charge in [-0.05, 0) is 19.3 Å². The van der Waals surface area contributed by atoms with Gasteiger partial charge < -0.3 is 10.2 Å². The van der Waals surface area contributed by atoms with Gasteiger partial charge in [-0.25, -0.2) is 0 Å². The Morgan fingerprint density at radius 1 is 1.20 bits per heavy atom. The van der Waals surface area contributed by atoms with E-state index in [2.05, 4.69) is 0 Å². The Bertz CT molecular complexity index is 492. The van der Waals surface area contributed by atoms with Crippen molar-refractivity contribution in [1.29, 1.82) is 0 Å². The molecule has 20 heavy (non-hydrogen) atoms. The van der Waals surface area contributed by atoms with E-state index in [1.165, 1.54) is 0 Å². The van der Waals surface area contributed by atoms with E-state index in [0.29, 0.717) is 25.7 Å². The minimum absolute atomic E-state index is 0.292. The lowest BCUT2D eigenvalue weighted by atomic mass is 9.81. The van der Waals surface area contributed by atoms with Crippen molar-refractivity contribution < 1.29 is 32.8 Å². The Morgan fingerprint density at radius 3 is 2.05 bits per heavy atom. The molecule has 0 saturated heterocycles. The van der Waals surface area contributed by atoms with E-state index >= 15 is 0 Å². The zero-order valence-corrected chi connectivity index (χ0v) is 12.1. The van der Waals surface area contributed by atoms with Crippen LogP contribution in [0.4, 0.5) is 0 Å². The average molecular weight is 308 g/mol. The van der Waals surface area contributed by atoms with Crippen molar-refractivity contribution in [1.82, 2.24) is 0 Å². The fourth-order valence-corrected chi connectivity index (χ4v) is 4.28. The zero-order chi connectivity index (χ0) is 15.6. The van der Waals surface area contributed by atoms with Crippen LogP contribution >= 0.6 is 0 Å². The van der Waals surface area contributed by atoms with E-state index in [1.807, 2.05) is 6.92 Å². The van der Waals surface area contributed by atoms with Crippen molar-refractivity contribution in [3.05, 3.63) is 0 Å². The highest BCUT2D eigenvalue weighted by molar-refractivity contribution is 7.88. The number of hydrogen-bond acceptors (Lipinski definition) is 4. The number of carbonyl (C=O) groups is 2. The van der Waals surface area contributed by atoms with E-state index < -0.39 is 38.6 Å². The third-order valence-electron chi connectivity index (χ3n) is 4.16. The molecule has 3 N–H and O–H groups in total. The van der Waals surface area contributed by atoms with Gasteiger partial charge in [-0.1, -0.05) is 26.2 Å². The van der Waals surface area contributed by atoms with Gasteiger partial charge in [-0.3, -0.25) is 14.1 Å². The molecule has 0 aliphatic heterocycles. The van der Waals surface area contributed by atoms with Crippen LogP contribution < -0.4 is 0 Å². The average Bonchev–Trinajstić information content (AvgIpc) is 3.05. The molecule has 0 bridgehead atoms. The van der Waals surface area contributed by atoms with Crippen LogP contribution in [0.15, 0.2) is 0 Å². The Balaban J connectivity index is 3.23. The normalized spacial score (nSPS) is 20.1. The molecule has 7 nitrogen and oxygen atoms in total. The molecule has 0 aromatic carbocycles. The second-order valence-electron chi connectivity index (χ2n) is 5.42. The van der Waals surface area contributed by atoms with Crippen molar-refractivity contribution in [2.75, 3.05) is 0 Å². The first-order valence-electron chi connectivity index (χ1n) is 6.55. The molecule has 0 spiro atoms. The standard InChI is InChI=1S/C12H20O7S/c1-2-3-4-5-11(6-7-11)12(10(15)16,8-9(13)14)20(17,18)19/h2-8H2,1H3,(H,13,14)(H,15,16)(H,17,18,19). The minimum Gasteiger partial charge on any atom is -0.481 e. The van der Waals surface area contributed by atoms with Gasteiger partial charge in [0.2, 0.25) is 4.75 Å². The van der Waals surface area contributed by atoms with E-state index in [1.54, 1.807) is 0 Å². The van der Waals surface area contributed by atoms with Crippen LogP contribution in [0.5, 0.6) is 0 Å². The molecule has 0 heterocycles. The Kier molecular flexibility index (Phi) is 4.81. The van der Waals surface area contributed by atoms with Gasteiger partial charge in [0.25, 0.3) is 10.1 Å². The lowest BCUT2D eigenvalue weighted by molar-refractivity contribution is -0.149. The molecule has 1 unspecified atom stereocenters. The van der Waals surface area contributed by atoms with Gasteiger partial charge in [0.05, 0.1) is 6.42 Å². The van der Waals surface area contributed by atoms with Crippen LogP contribution in [-0.2, 0) is 19.7 Å². The summed E-state index contributed by atoms with van der Waals surface area (Å²) in [4.78, 5) is 22.5. The summed E-state index contributed by atoms with van der Waals surface area (Å²) in [5.74, 6) is -3.33. The summed E-state index contributed by atoms with van der Waals surface area (Å²) in [7, 11) is -5.03. The summed E-state index contributed by atoms with van der Waals surface area (Å²) < 4.78 is 30.1. The largest absolute Gasteiger partial charge is 0.481 e. The third-order valence-corrected chi connectivity index (χ3v) is 5.79. The summed E-state index contributed by atoms with van der Waals surface area (Å²) in [6.07, 6.45) is 2.07. The summed E-state index contributed by atoms with van der Waals surface area (Å²) >= 11 is 0. The van der Waals surface area contributed by atoms with E-state index in [-0.39, 0.29) is 0 Å². The highest BCUT2D eigenvalue weighted by Crippen LogP contribution is 2.61. The maximum Gasteiger partial charge on any atom is 0.328 e. The molecule has 8 heteroatoms. The lowest BCUT2D eigenvalue weighted by Crippen LogP contribution is -2.55. The van der Waals surface area contributed by atoms with E-state index in [0.717, 1.165) is 12.8 Å². The summed E-state index contributed by atoms with van der Waals surface area (Å²) in [6, 6.07) is 0. The van der Waals surface area contributed by atoms with Crippen LogP contribution in [0.25, 0.3) is 0 Å². The van der Waals surface area contributed by atoms with Crippen molar-refractivity contribution in [2.24, 2.45) is 5.41 Å². The molecule has 0 amide bonds. The van der Waals surface area contributed by atoms with Crippen molar-refractivity contribution in [3.8, 4) is 0 Å². The second kappa shape index (κ2) is 5.69. The molecule has 1 aliphatic rings. The van der Waals surface area contributed by atoms with E-state index in [4.69, 9.17) is 5.11 Å². The third kappa shape index (κ3) is 2.80. The molecular weight excluding hydrogens is 288 g/mol. The molecule has 1 fully saturated rings. The van der Waals surface area contributed by atoms with Crippen molar-refractivity contribution in [2.45, 2.75) is 56.6 Å². The Morgan fingerprint density at radius 2 is 1.75 bits per heavy atom. The number of carboxylic acids is 2. The van der Waals surface area contributed by atoms with Crippen LogP contribution in [0.2, 0.25) is 0 Å². The quantitative estimate of drug-likeness (QED) is 0.435. The molecule has 0 aromatic rings. The molecule has 116 valence electrons. The number of aliphatic carboxylic acids is 2. The Hall–Kier alpha value is -1.15. The van der Waals surface area contributed by atoms with Crippen molar-refractivity contribution >= 4 is 22.1 Å². The van der Waals surface area contributed by atoms with Crippen LogP contribution in [0, 0.1) is 5.41 Å². The first-order valence-corrected chi connectivity index (χ1v) is 7.99. The SMILES string of the molecule is CCCCCC1(C(CC(=O)O)(C(=O)O)S(=O)(=O)O)CC1. The molecule has 0 aromatic heterocycles. The molecule has 0 radical (unpaired) electrons. The van der Waals surface area contributed by atoms with E-state index in [9.17, 15) is 27.7 Å². The smallest absolute Gasteiger partial charge is 0.328 e. The van der Waals surface area contributed by atoms with Gasteiger partial charge in [0.1, 0.15) is 0 Å². The van der Waals surface area contributed by atoms with Gasteiger partial charge >= 0.3 is 11.9 Å². The molecular formula is C12H20O7S. The fourth-order valence-electron chi connectivity index (χ4n) is 2.90. The van der Waals surface area contributed by atoms with Gasteiger partial charge in [-0.15, -0.1) is 0 Å². The predicted molar refractivity (Wildman–Crippen MR) is 70.0 cm³/mol. The summed E-state index contributed by atoms with van der Waals surface area (Å²) in [6.45, 7) is 1.95. The van der Waals surface area contributed by atoms with Crippen molar-refractivity contribution in [3.63, 3.8) is 0 Å². The number of hydrogen-bond donors (Lipinski definition) is 3. The second-order valence-corrected chi connectivity index (χ2v) is 7.06.